The van der Waals surface area contributed by atoms with Gasteiger partial charge in [0, 0.05) is 28.6 Å². The fraction of sp³-hybridized carbons (Fsp3) is 0.0370. The van der Waals surface area contributed by atoms with E-state index in [2.05, 4.69) is 10.6 Å². The molecule has 4 aromatic rings. The zero-order valence-corrected chi connectivity index (χ0v) is 20.1. The second-order valence-electron chi connectivity index (χ2n) is 7.92. The highest BCUT2D eigenvalue weighted by Crippen LogP contribution is 2.28. The molecule has 0 aliphatic rings. The minimum atomic E-state index is -0.502. The number of amides is 2. The Morgan fingerprint density at radius 1 is 0.946 bits per heavy atom. The van der Waals surface area contributed by atoms with E-state index >= 15 is 0 Å². The van der Waals surface area contributed by atoms with Gasteiger partial charge in [0.1, 0.15) is 5.82 Å². The average molecular weight is 517 g/mol. The number of para-hydroxylation sites is 2. The Hall–Kier alpha value is -4.83. The number of anilines is 2. The third-order valence-corrected chi connectivity index (χ3v) is 6.34. The maximum Gasteiger partial charge on any atom is 0.324 e. The number of thiophene rings is 1. The highest BCUT2D eigenvalue weighted by atomic mass is 32.1. The Kier molecular flexibility index (Phi) is 7.70. The highest BCUT2D eigenvalue weighted by molar-refractivity contribution is 7.16. The Morgan fingerprint density at radius 2 is 1.62 bits per heavy atom. The first-order chi connectivity index (χ1) is 17.8. The zero-order chi connectivity index (χ0) is 26.4. The van der Waals surface area contributed by atoms with Crippen LogP contribution in [0.4, 0.5) is 20.8 Å². The monoisotopic (exact) mass is 516 g/mol. The maximum absolute atomic E-state index is 13.4. The van der Waals surface area contributed by atoms with E-state index in [0.29, 0.717) is 27.4 Å². The van der Waals surface area contributed by atoms with Crippen LogP contribution in [0.3, 0.4) is 0 Å². The molecule has 0 saturated heterocycles. The fourth-order valence-electron chi connectivity index (χ4n) is 3.43. The van der Waals surface area contributed by atoms with Crippen LogP contribution in [0.1, 0.15) is 26.4 Å². The Labute approximate surface area is 215 Å². The van der Waals surface area contributed by atoms with Gasteiger partial charge in [-0.05, 0) is 59.7 Å². The molecule has 0 saturated carbocycles. The Bertz CT molecular complexity index is 1480. The number of carbonyl (C=O) groups is 2. The molecular formula is C27H21FN4O4S. The van der Waals surface area contributed by atoms with Gasteiger partial charge in [-0.15, -0.1) is 0 Å². The van der Waals surface area contributed by atoms with Crippen molar-refractivity contribution in [1.29, 1.82) is 0 Å². The molecule has 186 valence electrons. The number of carbonyl (C=O) groups excluding carboxylic acids is 2. The van der Waals surface area contributed by atoms with E-state index in [1.807, 2.05) is 0 Å². The third kappa shape index (κ3) is 6.44. The van der Waals surface area contributed by atoms with Gasteiger partial charge in [0.05, 0.1) is 16.3 Å². The van der Waals surface area contributed by atoms with E-state index in [1.54, 1.807) is 54.6 Å². The molecule has 37 heavy (non-hydrogen) atoms. The zero-order valence-electron chi connectivity index (χ0n) is 19.3. The molecular weight excluding hydrogens is 495 g/mol. The summed E-state index contributed by atoms with van der Waals surface area (Å²) in [4.78, 5) is 36.6. The van der Waals surface area contributed by atoms with Gasteiger partial charge in [-0.3, -0.25) is 19.7 Å². The predicted octanol–water partition coefficient (Wildman–Crippen LogP) is 5.49. The predicted molar refractivity (Wildman–Crippen MR) is 142 cm³/mol. The van der Waals surface area contributed by atoms with Crippen molar-refractivity contribution < 1.29 is 18.9 Å². The van der Waals surface area contributed by atoms with Gasteiger partial charge in [0.2, 0.25) is 0 Å². The van der Waals surface area contributed by atoms with Crippen LogP contribution in [0.2, 0.25) is 0 Å². The lowest BCUT2D eigenvalue weighted by Gasteiger charge is -2.11. The van der Waals surface area contributed by atoms with Gasteiger partial charge >= 0.3 is 5.00 Å². The lowest BCUT2D eigenvalue weighted by Crippen LogP contribution is -2.24. The van der Waals surface area contributed by atoms with E-state index in [-0.39, 0.29) is 23.0 Å². The van der Waals surface area contributed by atoms with E-state index in [1.165, 1.54) is 36.4 Å². The SMILES string of the molecule is Nc1ccccc1NC(=O)c1ccc(CNC(=O)/C(=C/c2ccc([N+](=O)[O-])s2)c2ccc(F)cc2)cc1. The summed E-state index contributed by atoms with van der Waals surface area (Å²) in [6.07, 6.45) is 1.53. The summed E-state index contributed by atoms with van der Waals surface area (Å²) < 4.78 is 13.4. The van der Waals surface area contributed by atoms with Gasteiger partial charge < -0.3 is 16.4 Å². The van der Waals surface area contributed by atoms with Crippen LogP contribution in [0, 0.1) is 15.9 Å². The van der Waals surface area contributed by atoms with Gasteiger partial charge in [-0.1, -0.05) is 47.7 Å². The molecule has 8 nitrogen and oxygen atoms in total. The first kappa shape index (κ1) is 25.3. The van der Waals surface area contributed by atoms with E-state index in [9.17, 15) is 24.1 Å². The Morgan fingerprint density at radius 3 is 2.27 bits per heavy atom. The number of benzene rings is 3. The van der Waals surface area contributed by atoms with Crippen LogP contribution in [0.5, 0.6) is 0 Å². The van der Waals surface area contributed by atoms with Crippen LogP contribution in [-0.2, 0) is 11.3 Å². The standard InChI is InChI=1S/C27H21FN4O4S/c28-20-11-9-18(10-12-20)22(15-21-13-14-25(37-21)32(35)36)27(34)30-16-17-5-7-19(8-6-17)26(33)31-24-4-2-1-3-23(24)29/h1-15H,16,29H2,(H,30,34)(H,31,33)/b22-15+. The summed E-state index contributed by atoms with van der Waals surface area (Å²) in [6, 6.07) is 22.0. The van der Waals surface area contributed by atoms with E-state index < -0.39 is 16.6 Å². The summed E-state index contributed by atoms with van der Waals surface area (Å²) in [5.74, 6) is -1.21. The number of nitro groups is 1. The van der Waals surface area contributed by atoms with Crippen LogP contribution in [-0.4, -0.2) is 16.7 Å². The molecule has 4 N–H and O–H groups in total. The average Bonchev–Trinajstić information content (AvgIpc) is 3.37. The number of hydrogen-bond acceptors (Lipinski definition) is 6. The van der Waals surface area contributed by atoms with Crippen molar-refractivity contribution in [2.75, 3.05) is 11.1 Å². The van der Waals surface area contributed by atoms with Gasteiger partial charge in [-0.2, -0.15) is 0 Å². The second kappa shape index (κ2) is 11.3. The van der Waals surface area contributed by atoms with E-state index in [0.717, 1.165) is 16.9 Å². The van der Waals surface area contributed by atoms with Crippen LogP contribution in [0.15, 0.2) is 84.9 Å². The fourth-order valence-corrected chi connectivity index (χ4v) is 4.19. The van der Waals surface area contributed by atoms with Crippen molar-refractivity contribution in [3.05, 3.63) is 122 Å². The number of nitrogens with zero attached hydrogens (tertiary/aromatic N) is 1. The van der Waals surface area contributed by atoms with Crippen molar-refractivity contribution in [3.8, 4) is 0 Å². The summed E-state index contributed by atoms with van der Waals surface area (Å²) in [7, 11) is 0. The molecule has 4 rings (SSSR count). The molecule has 0 aliphatic carbocycles. The van der Waals surface area contributed by atoms with Gasteiger partial charge in [-0.25, -0.2) is 4.39 Å². The minimum Gasteiger partial charge on any atom is -0.397 e. The lowest BCUT2D eigenvalue weighted by atomic mass is 10.0. The smallest absolute Gasteiger partial charge is 0.324 e. The summed E-state index contributed by atoms with van der Waals surface area (Å²) in [5.41, 5.74) is 8.69. The minimum absolute atomic E-state index is 0.0517. The molecule has 3 aromatic carbocycles. The molecule has 0 bridgehead atoms. The van der Waals surface area contributed by atoms with Crippen molar-refractivity contribution in [1.82, 2.24) is 5.32 Å². The molecule has 0 spiro atoms. The van der Waals surface area contributed by atoms with Crippen molar-refractivity contribution in [2.24, 2.45) is 0 Å². The molecule has 1 heterocycles. The molecule has 0 unspecified atom stereocenters. The molecule has 0 atom stereocenters. The quantitative estimate of drug-likeness (QED) is 0.124. The second-order valence-corrected chi connectivity index (χ2v) is 9.01. The van der Waals surface area contributed by atoms with Crippen LogP contribution < -0.4 is 16.4 Å². The number of hydrogen-bond donors (Lipinski definition) is 3. The first-order valence-electron chi connectivity index (χ1n) is 11.0. The molecule has 2 amide bonds. The normalized spacial score (nSPS) is 11.1. The molecule has 0 radical (unpaired) electrons. The summed E-state index contributed by atoms with van der Waals surface area (Å²) in [5, 5.41) is 16.5. The van der Waals surface area contributed by atoms with Crippen LogP contribution >= 0.6 is 11.3 Å². The summed E-state index contributed by atoms with van der Waals surface area (Å²) in [6.45, 7) is 0.162. The topological polar surface area (TPSA) is 127 Å². The highest BCUT2D eigenvalue weighted by Gasteiger charge is 2.15. The summed E-state index contributed by atoms with van der Waals surface area (Å²) >= 11 is 0.929. The van der Waals surface area contributed by atoms with Gasteiger partial charge in [0.15, 0.2) is 0 Å². The molecule has 1 aromatic heterocycles. The van der Waals surface area contributed by atoms with E-state index in [4.69, 9.17) is 5.73 Å². The molecule has 10 heteroatoms. The number of nitrogens with one attached hydrogen (secondary N) is 2. The molecule has 0 aliphatic heterocycles. The number of rotatable bonds is 8. The van der Waals surface area contributed by atoms with Gasteiger partial charge in [0.25, 0.3) is 11.8 Å². The maximum atomic E-state index is 13.4. The van der Waals surface area contributed by atoms with Crippen molar-refractivity contribution in [2.45, 2.75) is 6.54 Å². The lowest BCUT2D eigenvalue weighted by molar-refractivity contribution is -0.380. The number of nitrogens with two attached hydrogens (primary N) is 1. The number of halogens is 1. The number of nitrogen functional groups attached to an aromatic ring is 1. The molecule has 0 fully saturated rings. The third-order valence-electron chi connectivity index (χ3n) is 5.36. The Balaban J connectivity index is 1.47. The largest absolute Gasteiger partial charge is 0.397 e. The first-order valence-corrected chi connectivity index (χ1v) is 11.9. The van der Waals surface area contributed by atoms with Crippen molar-refractivity contribution >= 4 is 51.2 Å². The van der Waals surface area contributed by atoms with Crippen molar-refractivity contribution in [3.63, 3.8) is 0 Å². The van der Waals surface area contributed by atoms with Crippen LogP contribution in [0.25, 0.3) is 11.6 Å².